The maximum atomic E-state index is 13.5. The highest BCUT2D eigenvalue weighted by Crippen LogP contribution is 2.28. The van der Waals surface area contributed by atoms with Crippen LogP contribution in [0, 0.1) is 0 Å². The monoisotopic (exact) mass is 785 g/mol. The van der Waals surface area contributed by atoms with Gasteiger partial charge in [0, 0.05) is 84.0 Å². The highest BCUT2D eigenvalue weighted by Gasteiger charge is 2.33. The summed E-state index contributed by atoms with van der Waals surface area (Å²) in [4.78, 5) is 45.6. The van der Waals surface area contributed by atoms with Gasteiger partial charge >= 0.3 is 6.09 Å². The average molecular weight is 786 g/mol. The second-order valence-corrected chi connectivity index (χ2v) is 15.3. The number of hydrogen-bond acceptors (Lipinski definition) is 9. The SMILES string of the molecule is COCC1CCC(COC)N1CCCC(=O)N(CCCCCNC(=O)CCN1CCC(OC(=O)Nc2ccccc2-c2ccccc2)CC1)Cc1ccc(O)cc1. The maximum absolute atomic E-state index is 13.5. The fourth-order valence-electron chi connectivity index (χ4n) is 7.99. The summed E-state index contributed by atoms with van der Waals surface area (Å²) in [7, 11) is 3.48. The van der Waals surface area contributed by atoms with E-state index >= 15 is 0 Å². The summed E-state index contributed by atoms with van der Waals surface area (Å²) in [6.07, 6.45) is 7.22. The van der Waals surface area contributed by atoms with Crippen LogP contribution in [-0.2, 0) is 30.3 Å². The Labute approximate surface area is 338 Å². The predicted molar refractivity (Wildman–Crippen MR) is 223 cm³/mol. The molecule has 2 heterocycles. The molecule has 5 rings (SSSR count). The highest BCUT2D eigenvalue weighted by molar-refractivity contribution is 5.91. The second kappa shape index (κ2) is 23.7. The summed E-state index contributed by atoms with van der Waals surface area (Å²) in [6, 6.07) is 25.4. The number of carbonyl (C=O) groups excluding carboxylic acids is 3. The van der Waals surface area contributed by atoms with E-state index < -0.39 is 6.09 Å². The van der Waals surface area contributed by atoms with Crippen LogP contribution in [0.5, 0.6) is 5.75 Å². The lowest BCUT2D eigenvalue weighted by molar-refractivity contribution is -0.132. The Morgan fingerprint density at radius 1 is 0.772 bits per heavy atom. The van der Waals surface area contributed by atoms with E-state index in [-0.39, 0.29) is 23.7 Å². The van der Waals surface area contributed by atoms with Gasteiger partial charge in [0.1, 0.15) is 11.9 Å². The fourth-order valence-corrected chi connectivity index (χ4v) is 7.99. The third-order valence-corrected chi connectivity index (χ3v) is 11.1. The summed E-state index contributed by atoms with van der Waals surface area (Å²) in [6.45, 7) is 6.15. The molecule has 3 aromatic carbocycles. The van der Waals surface area contributed by atoms with Crippen LogP contribution in [0.1, 0.15) is 69.8 Å². The number of phenols is 1. The molecule has 0 radical (unpaired) electrons. The molecule has 310 valence electrons. The zero-order valence-electron chi connectivity index (χ0n) is 33.9. The number of piperidine rings is 1. The fraction of sp³-hybridized carbons (Fsp3) is 0.533. The van der Waals surface area contributed by atoms with Crippen LogP contribution in [0.25, 0.3) is 11.1 Å². The van der Waals surface area contributed by atoms with Crippen LogP contribution >= 0.6 is 0 Å². The summed E-state index contributed by atoms with van der Waals surface area (Å²) < 4.78 is 16.7. The van der Waals surface area contributed by atoms with E-state index in [1.165, 1.54) is 0 Å². The Morgan fingerprint density at radius 3 is 2.16 bits per heavy atom. The largest absolute Gasteiger partial charge is 0.508 e. The van der Waals surface area contributed by atoms with Gasteiger partial charge in [0.2, 0.25) is 11.8 Å². The van der Waals surface area contributed by atoms with Crippen LogP contribution < -0.4 is 10.6 Å². The van der Waals surface area contributed by atoms with Gasteiger partial charge in [-0.05, 0) is 87.2 Å². The van der Waals surface area contributed by atoms with Gasteiger partial charge in [-0.25, -0.2) is 4.79 Å². The second-order valence-electron chi connectivity index (χ2n) is 15.3. The van der Waals surface area contributed by atoms with Gasteiger partial charge in [0.25, 0.3) is 0 Å². The minimum atomic E-state index is -0.450. The van der Waals surface area contributed by atoms with Gasteiger partial charge in [-0.1, -0.05) is 60.7 Å². The van der Waals surface area contributed by atoms with E-state index in [0.717, 1.165) is 87.7 Å². The van der Waals surface area contributed by atoms with Gasteiger partial charge < -0.3 is 34.4 Å². The topological polar surface area (TPSA) is 133 Å². The van der Waals surface area contributed by atoms with Crippen molar-refractivity contribution in [2.75, 3.05) is 72.0 Å². The van der Waals surface area contributed by atoms with Crippen LogP contribution in [0.15, 0.2) is 78.9 Å². The molecule has 0 aromatic heterocycles. The lowest BCUT2D eigenvalue weighted by Crippen LogP contribution is -2.41. The molecule has 2 aliphatic rings. The van der Waals surface area contributed by atoms with Crippen molar-refractivity contribution in [2.45, 2.75) is 88.9 Å². The Balaban J connectivity index is 0.957. The van der Waals surface area contributed by atoms with E-state index in [4.69, 9.17) is 14.2 Å². The number of phenolic OH excluding ortho intramolecular Hbond substituents is 1. The molecule has 2 atom stereocenters. The maximum Gasteiger partial charge on any atom is 0.411 e. The molecular weight excluding hydrogens is 723 g/mol. The van der Waals surface area contributed by atoms with Crippen molar-refractivity contribution in [3.05, 3.63) is 84.4 Å². The summed E-state index contributed by atoms with van der Waals surface area (Å²) in [5, 5.41) is 15.7. The Hall–Kier alpha value is -4.49. The van der Waals surface area contributed by atoms with E-state index in [9.17, 15) is 19.5 Å². The Kier molecular flexibility index (Phi) is 18.1. The number of anilines is 1. The number of nitrogens with one attached hydrogen (secondary N) is 2. The molecule has 0 spiro atoms. The number of methoxy groups -OCH3 is 2. The van der Waals surface area contributed by atoms with Crippen molar-refractivity contribution < 1.29 is 33.7 Å². The number of ether oxygens (including phenoxy) is 3. The normalized spacial score (nSPS) is 17.6. The predicted octanol–water partition coefficient (Wildman–Crippen LogP) is 6.68. The molecule has 0 aliphatic carbocycles. The van der Waals surface area contributed by atoms with Crippen molar-refractivity contribution in [3.63, 3.8) is 0 Å². The van der Waals surface area contributed by atoms with Crippen LogP contribution in [0.2, 0.25) is 0 Å². The first-order chi connectivity index (χ1) is 27.8. The number of benzene rings is 3. The molecule has 12 nitrogen and oxygen atoms in total. The number of amides is 3. The van der Waals surface area contributed by atoms with Gasteiger partial charge in [0.15, 0.2) is 0 Å². The van der Waals surface area contributed by atoms with Gasteiger partial charge in [-0.3, -0.25) is 19.8 Å². The van der Waals surface area contributed by atoms with Crippen molar-refractivity contribution in [1.29, 1.82) is 0 Å². The van der Waals surface area contributed by atoms with Crippen molar-refractivity contribution in [1.82, 2.24) is 20.0 Å². The molecule has 2 fully saturated rings. The van der Waals surface area contributed by atoms with Crippen LogP contribution in [0.4, 0.5) is 10.5 Å². The number of rotatable bonds is 22. The van der Waals surface area contributed by atoms with E-state index in [1.54, 1.807) is 26.4 Å². The van der Waals surface area contributed by atoms with Gasteiger partial charge in [0.05, 0.1) is 18.9 Å². The average Bonchev–Trinajstić information content (AvgIpc) is 3.60. The third kappa shape index (κ3) is 14.4. The number of likely N-dealkylation sites (tertiary alicyclic amines) is 2. The minimum absolute atomic E-state index is 0.0347. The van der Waals surface area contributed by atoms with Crippen LogP contribution in [-0.4, -0.2) is 123 Å². The van der Waals surface area contributed by atoms with Crippen LogP contribution in [0.3, 0.4) is 0 Å². The van der Waals surface area contributed by atoms with E-state index in [0.29, 0.717) is 70.0 Å². The number of para-hydroxylation sites is 1. The molecule has 2 aliphatic heterocycles. The Morgan fingerprint density at radius 2 is 1.46 bits per heavy atom. The summed E-state index contributed by atoms with van der Waals surface area (Å²) in [5.41, 5.74) is 3.67. The Bertz CT molecular complexity index is 1640. The first-order valence-corrected chi connectivity index (χ1v) is 20.7. The first kappa shape index (κ1) is 43.6. The molecule has 12 heteroatoms. The molecule has 3 N–H and O–H groups in total. The molecule has 3 aromatic rings. The number of carbonyl (C=O) groups is 3. The van der Waals surface area contributed by atoms with Crippen molar-refractivity contribution in [2.24, 2.45) is 0 Å². The summed E-state index contributed by atoms with van der Waals surface area (Å²) in [5.74, 6) is 0.372. The van der Waals surface area contributed by atoms with Gasteiger partial charge in [-0.2, -0.15) is 0 Å². The molecule has 2 saturated heterocycles. The van der Waals surface area contributed by atoms with Crippen molar-refractivity contribution >= 4 is 23.6 Å². The molecule has 57 heavy (non-hydrogen) atoms. The standard InChI is InChI=1S/C45H63N5O7/c1-55-33-37-19-20-38(34-56-2)50(37)28-11-16-44(53)49(32-35-17-21-39(51)22-18-35)27-10-4-9-26-46-43(52)25-31-48-29-23-40(24-30-48)57-45(54)47-42-15-8-7-14-41(42)36-12-5-3-6-13-36/h3,5-8,12-15,17-18,21-22,37-38,40,51H,4,9-11,16,19-20,23-34H2,1-2H3,(H,46,52)(H,47,54). The molecule has 2 unspecified atom stereocenters. The number of aromatic hydroxyl groups is 1. The zero-order chi connectivity index (χ0) is 40.2. The lowest BCUT2D eigenvalue weighted by atomic mass is 10.0. The zero-order valence-corrected chi connectivity index (χ0v) is 33.9. The minimum Gasteiger partial charge on any atom is -0.508 e. The number of hydrogen-bond donors (Lipinski definition) is 3. The molecule has 0 saturated carbocycles. The third-order valence-electron chi connectivity index (χ3n) is 11.1. The van der Waals surface area contributed by atoms with E-state index in [2.05, 4.69) is 20.4 Å². The molecular formula is C45H63N5O7. The smallest absolute Gasteiger partial charge is 0.411 e. The van der Waals surface area contributed by atoms with Gasteiger partial charge in [-0.15, -0.1) is 0 Å². The first-order valence-electron chi connectivity index (χ1n) is 20.7. The quantitative estimate of drug-likeness (QED) is 0.0955. The molecule has 0 bridgehead atoms. The van der Waals surface area contributed by atoms with E-state index in [1.807, 2.05) is 71.6 Å². The molecule has 3 amide bonds. The summed E-state index contributed by atoms with van der Waals surface area (Å²) >= 11 is 0. The van der Waals surface area contributed by atoms with Crippen molar-refractivity contribution in [3.8, 4) is 16.9 Å². The number of unbranched alkanes of at least 4 members (excludes halogenated alkanes) is 2. The lowest BCUT2D eigenvalue weighted by Gasteiger charge is -2.31. The highest BCUT2D eigenvalue weighted by atomic mass is 16.6. The number of nitrogens with zero attached hydrogens (tertiary/aromatic N) is 3.